The Morgan fingerprint density at radius 3 is 2.42 bits per heavy atom. The summed E-state index contributed by atoms with van der Waals surface area (Å²) in [4.78, 5) is 8.62. The number of rotatable bonds is 3. The Kier molecular flexibility index (Phi) is 3.81. The van der Waals surface area contributed by atoms with Gasteiger partial charge in [0.15, 0.2) is 0 Å². The quantitative estimate of drug-likeness (QED) is 0.885. The molecule has 4 heteroatoms. The van der Waals surface area contributed by atoms with E-state index in [0.717, 1.165) is 5.82 Å². The normalized spacial score (nSPS) is 13.1. The van der Waals surface area contributed by atoms with Crippen molar-refractivity contribution in [1.29, 1.82) is 0 Å². The average molecular weight is 257 g/mol. The smallest absolute Gasteiger partial charge is 0.131 e. The molecule has 0 aliphatic carbocycles. The maximum absolute atomic E-state index is 10.2. The molecule has 4 nitrogen and oxygen atoms in total. The van der Waals surface area contributed by atoms with Crippen molar-refractivity contribution in [3.8, 4) is 0 Å². The van der Waals surface area contributed by atoms with Crippen LogP contribution >= 0.6 is 0 Å². The number of nitrogens with zero attached hydrogens (tertiary/aromatic N) is 2. The molecule has 0 unspecified atom stereocenters. The molecule has 0 saturated carbocycles. The molecule has 0 fully saturated rings. The highest BCUT2D eigenvalue weighted by atomic mass is 16.3. The fourth-order valence-corrected chi connectivity index (χ4v) is 1.68. The van der Waals surface area contributed by atoms with Crippen molar-refractivity contribution in [2.24, 2.45) is 5.41 Å². The second-order valence-corrected chi connectivity index (χ2v) is 5.56. The first-order valence-electron chi connectivity index (χ1n) is 6.30. The van der Waals surface area contributed by atoms with Gasteiger partial charge in [-0.25, -0.2) is 9.97 Å². The van der Waals surface area contributed by atoms with Gasteiger partial charge < -0.3 is 10.4 Å². The van der Waals surface area contributed by atoms with Crippen LogP contribution in [0.1, 0.15) is 32.6 Å². The molecule has 2 aromatic heterocycles. The fourth-order valence-electron chi connectivity index (χ4n) is 1.68. The van der Waals surface area contributed by atoms with Crippen molar-refractivity contribution in [1.82, 2.24) is 9.97 Å². The molecular formula is C15H19N3O. The Morgan fingerprint density at radius 1 is 1.05 bits per heavy atom. The van der Waals surface area contributed by atoms with Crippen molar-refractivity contribution in [3.05, 3.63) is 48.3 Å². The summed E-state index contributed by atoms with van der Waals surface area (Å²) in [6.07, 6.45) is 1.12. The van der Waals surface area contributed by atoms with Crippen LogP contribution in [0.25, 0.3) is 0 Å². The first kappa shape index (κ1) is 13.5. The van der Waals surface area contributed by atoms with Crippen LogP contribution in [0.4, 0.5) is 11.6 Å². The van der Waals surface area contributed by atoms with Crippen LogP contribution in [0.3, 0.4) is 0 Å². The Bertz CT molecular complexity index is 535. The van der Waals surface area contributed by atoms with E-state index in [1.165, 1.54) is 0 Å². The lowest BCUT2D eigenvalue weighted by atomic mass is 9.87. The van der Waals surface area contributed by atoms with Crippen LogP contribution in [-0.2, 0) is 0 Å². The van der Waals surface area contributed by atoms with Gasteiger partial charge in [0.25, 0.3) is 0 Å². The first-order valence-corrected chi connectivity index (χ1v) is 6.30. The zero-order valence-electron chi connectivity index (χ0n) is 11.5. The SMILES string of the molecule is CC(C)(C)[C@H](O)c1cccc(Nc2ccccn2)n1. The van der Waals surface area contributed by atoms with E-state index in [9.17, 15) is 5.11 Å². The topological polar surface area (TPSA) is 58.0 Å². The van der Waals surface area contributed by atoms with Gasteiger partial charge in [-0.2, -0.15) is 0 Å². The Balaban J connectivity index is 2.20. The van der Waals surface area contributed by atoms with Gasteiger partial charge in [-0.3, -0.25) is 0 Å². The first-order chi connectivity index (χ1) is 8.97. The minimum atomic E-state index is -0.599. The van der Waals surface area contributed by atoms with Gasteiger partial charge in [0.05, 0.1) is 5.69 Å². The van der Waals surface area contributed by atoms with E-state index >= 15 is 0 Å². The van der Waals surface area contributed by atoms with Crippen LogP contribution in [0.5, 0.6) is 0 Å². The van der Waals surface area contributed by atoms with Crippen LogP contribution in [-0.4, -0.2) is 15.1 Å². The highest BCUT2D eigenvalue weighted by molar-refractivity contribution is 5.51. The molecule has 0 amide bonds. The van der Waals surface area contributed by atoms with Crippen molar-refractivity contribution >= 4 is 11.6 Å². The maximum Gasteiger partial charge on any atom is 0.131 e. The summed E-state index contributed by atoms with van der Waals surface area (Å²) in [6.45, 7) is 5.95. The van der Waals surface area contributed by atoms with Crippen LogP contribution in [0, 0.1) is 5.41 Å². The monoisotopic (exact) mass is 257 g/mol. The van der Waals surface area contributed by atoms with E-state index in [-0.39, 0.29) is 5.41 Å². The second-order valence-electron chi connectivity index (χ2n) is 5.56. The summed E-state index contributed by atoms with van der Waals surface area (Å²) in [6, 6.07) is 11.2. The summed E-state index contributed by atoms with van der Waals surface area (Å²) in [5.74, 6) is 1.41. The van der Waals surface area contributed by atoms with Gasteiger partial charge in [0.1, 0.15) is 17.7 Å². The molecule has 0 aliphatic heterocycles. The summed E-state index contributed by atoms with van der Waals surface area (Å²) in [5, 5.41) is 13.4. The molecular weight excluding hydrogens is 238 g/mol. The summed E-state index contributed by atoms with van der Waals surface area (Å²) < 4.78 is 0. The van der Waals surface area contributed by atoms with E-state index < -0.39 is 6.10 Å². The highest BCUT2D eigenvalue weighted by Crippen LogP contribution is 2.31. The lowest BCUT2D eigenvalue weighted by molar-refractivity contribution is 0.0590. The van der Waals surface area contributed by atoms with Crippen molar-refractivity contribution < 1.29 is 5.11 Å². The summed E-state index contributed by atoms with van der Waals surface area (Å²) in [5.41, 5.74) is 0.421. The van der Waals surface area contributed by atoms with E-state index in [0.29, 0.717) is 11.5 Å². The number of aromatic nitrogens is 2. The predicted octanol–water partition coefficient (Wildman–Crippen LogP) is 3.30. The van der Waals surface area contributed by atoms with Gasteiger partial charge in [-0.1, -0.05) is 32.9 Å². The molecule has 2 heterocycles. The summed E-state index contributed by atoms with van der Waals surface area (Å²) >= 11 is 0. The molecule has 0 saturated heterocycles. The fraction of sp³-hybridized carbons (Fsp3) is 0.333. The number of hydrogen-bond donors (Lipinski definition) is 2. The zero-order chi connectivity index (χ0) is 13.9. The van der Waals surface area contributed by atoms with Gasteiger partial charge in [0.2, 0.25) is 0 Å². The molecule has 0 aliphatic rings. The highest BCUT2D eigenvalue weighted by Gasteiger charge is 2.25. The minimum Gasteiger partial charge on any atom is -0.386 e. The average Bonchev–Trinajstić information content (AvgIpc) is 2.38. The van der Waals surface area contributed by atoms with Gasteiger partial charge in [-0.15, -0.1) is 0 Å². The molecule has 100 valence electrons. The van der Waals surface area contributed by atoms with Gasteiger partial charge in [0, 0.05) is 6.20 Å². The Hall–Kier alpha value is -1.94. The molecule has 19 heavy (non-hydrogen) atoms. The van der Waals surface area contributed by atoms with E-state index in [1.54, 1.807) is 6.20 Å². The lowest BCUT2D eigenvalue weighted by Gasteiger charge is -2.25. The van der Waals surface area contributed by atoms with Crippen LogP contribution in [0.15, 0.2) is 42.6 Å². The molecule has 0 radical (unpaired) electrons. The minimum absolute atomic E-state index is 0.239. The van der Waals surface area contributed by atoms with E-state index in [1.807, 2.05) is 57.2 Å². The number of aliphatic hydroxyl groups is 1. The number of aliphatic hydroxyl groups excluding tert-OH is 1. The molecule has 2 rings (SSSR count). The Morgan fingerprint density at radius 2 is 1.79 bits per heavy atom. The lowest BCUT2D eigenvalue weighted by Crippen LogP contribution is -2.19. The van der Waals surface area contributed by atoms with Crippen molar-refractivity contribution in [2.45, 2.75) is 26.9 Å². The van der Waals surface area contributed by atoms with Gasteiger partial charge >= 0.3 is 0 Å². The molecule has 0 aromatic carbocycles. The standard InChI is InChI=1S/C15H19N3O/c1-15(2,3)14(19)11-7-6-9-13(17-11)18-12-8-4-5-10-16-12/h4-10,14,19H,1-3H3,(H,16,17,18)/t14-/m1/s1. The molecule has 0 bridgehead atoms. The van der Waals surface area contributed by atoms with E-state index in [4.69, 9.17) is 0 Å². The Labute approximate surface area is 113 Å². The van der Waals surface area contributed by atoms with Crippen molar-refractivity contribution in [2.75, 3.05) is 5.32 Å². The number of anilines is 2. The third-order valence-electron chi connectivity index (χ3n) is 2.79. The second kappa shape index (κ2) is 5.36. The number of hydrogen-bond acceptors (Lipinski definition) is 4. The summed E-state index contributed by atoms with van der Waals surface area (Å²) in [7, 11) is 0. The molecule has 2 aromatic rings. The third kappa shape index (κ3) is 3.51. The molecule has 2 N–H and O–H groups in total. The molecule has 1 atom stereocenters. The third-order valence-corrected chi connectivity index (χ3v) is 2.79. The maximum atomic E-state index is 10.2. The number of pyridine rings is 2. The van der Waals surface area contributed by atoms with E-state index in [2.05, 4.69) is 15.3 Å². The predicted molar refractivity (Wildman–Crippen MR) is 76.2 cm³/mol. The zero-order valence-corrected chi connectivity index (χ0v) is 11.5. The van der Waals surface area contributed by atoms with Crippen LogP contribution < -0.4 is 5.32 Å². The van der Waals surface area contributed by atoms with Crippen LogP contribution in [0.2, 0.25) is 0 Å². The molecule has 0 spiro atoms. The van der Waals surface area contributed by atoms with Crippen molar-refractivity contribution in [3.63, 3.8) is 0 Å². The largest absolute Gasteiger partial charge is 0.386 e. The van der Waals surface area contributed by atoms with Gasteiger partial charge in [-0.05, 0) is 29.7 Å². The number of nitrogens with one attached hydrogen (secondary N) is 1.